The number of hydrogen-bond donors (Lipinski definition) is 2. The first-order chi connectivity index (χ1) is 11.3. The van der Waals surface area contributed by atoms with Crippen molar-refractivity contribution in [1.29, 1.82) is 0 Å². The minimum absolute atomic E-state index is 0.187. The van der Waals surface area contributed by atoms with Gasteiger partial charge in [0.1, 0.15) is 0 Å². The zero-order valence-electron chi connectivity index (χ0n) is 13.9. The molecule has 1 heterocycles. The summed E-state index contributed by atoms with van der Waals surface area (Å²) in [5, 5.41) is 2.67. The van der Waals surface area contributed by atoms with Crippen LogP contribution >= 0.6 is 0 Å². The minimum atomic E-state index is -3.77. The van der Waals surface area contributed by atoms with Crippen molar-refractivity contribution in [3.63, 3.8) is 0 Å². The standard InChI is InChI=1S/C17H21N3O3S/c1-12-7-8-13(2)16(10-12)24(22,23)20-14(3)17(21)19-11-15-6-4-5-9-18-15/h4-10,14,20H,11H2,1-3H3,(H,19,21)/t14-/m0/s1. The molecule has 7 heteroatoms. The lowest BCUT2D eigenvalue weighted by Gasteiger charge is -2.15. The Morgan fingerprint density at radius 3 is 2.62 bits per heavy atom. The van der Waals surface area contributed by atoms with Crippen LogP contribution in [-0.2, 0) is 21.4 Å². The van der Waals surface area contributed by atoms with E-state index in [9.17, 15) is 13.2 Å². The third-order valence-electron chi connectivity index (χ3n) is 3.53. The van der Waals surface area contributed by atoms with E-state index in [1.54, 1.807) is 37.4 Å². The molecule has 128 valence electrons. The topological polar surface area (TPSA) is 88.2 Å². The van der Waals surface area contributed by atoms with Crippen LogP contribution in [0, 0.1) is 13.8 Å². The van der Waals surface area contributed by atoms with E-state index in [0.29, 0.717) is 11.3 Å². The Kier molecular flexibility index (Phi) is 5.69. The number of sulfonamides is 1. The van der Waals surface area contributed by atoms with E-state index in [4.69, 9.17) is 0 Å². The van der Waals surface area contributed by atoms with Crippen LogP contribution in [0.4, 0.5) is 0 Å². The molecule has 1 atom stereocenters. The summed E-state index contributed by atoms with van der Waals surface area (Å²) in [4.78, 5) is 16.4. The van der Waals surface area contributed by atoms with Crippen molar-refractivity contribution in [1.82, 2.24) is 15.0 Å². The van der Waals surface area contributed by atoms with Crippen LogP contribution in [0.3, 0.4) is 0 Å². The number of rotatable bonds is 6. The minimum Gasteiger partial charge on any atom is -0.349 e. The van der Waals surface area contributed by atoms with Gasteiger partial charge in [-0.05, 0) is 50.1 Å². The molecule has 0 unspecified atom stereocenters. The second-order valence-corrected chi connectivity index (χ2v) is 7.33. The van der Waals surface area contributed by atoms with Gasteiger partial charge >= 0.3 is 0 Å². The molecule has 1 amide bonds. The smallest absolute Gasteiger partial charge is 0.241 e. The van der Waals surface area contributed by atoms with Crippen molar-refractivity contribution < 1.29 is 13.2 Å². The molecule has 0 radical (unpaired) electrons. The Morgan fingerprint density at radius 1 is 1.21 bits per heavy atom. The number of carbonyl (C=O) groups is 1. The zero-order chi connectivity index (χ0) is 17.7. The van der Waals surface area contributed by atoms with Crippen LogP contribution in [0.25, 0.3) is 0 Å². The van der Waals surface area contributed by atoms with Crippen molar-refractivity contribution in [3.05, 3.63) is 59.4 Å². The molecular weight excluding hydrogens is 326 g/mol. The lowest BCUT2D eigenvalue weighted by atomic mass is 10.2. The van der Waals surface area contributed by atoms with Gasteiger partial charge in [0.25, 0.3) is 0 Å². The second-order valence-electron chi connectivity index (χ2n) is 5.65. The fourth-order valence-electron chi connectivity index (χ4n) is 2.18. The van der Waals surface area contributed by atoms with Crippen LogP contribution in [0.2, 0.25) is 0 Å². The maximum Gasteiger partial charge on any atom is 0.241 e. The summed E-state index contributed by atoms with van der Waals surface area (Å²) >= 11 is 0. The maximum absolute atomic E-state index is 12.5. The van der Waals surface area contributed by atoms with Crippen LogP contribution in [0.15, 0.2) is 47.5 Å². The number of aromatic nitrogens is 1. The van der Waals surface area contributed by atoms with Crippen molar-refractivity contribution in [2.45, 2.75) is 38.3 Å². The van der Waals surface area contributed by atoms with Gasteiger partial charge in [0, 0.05) is 6.20 Å². The SMILES string of the molecule is Cc1ccc(C)c(S(=O)(=O)N[C@@H](C)C(=O)NCc2ccccn2)c1. The quantitative estimate of drug-likeness (QED) is 0.832. The van der Waals surface area contributed by atoms with E-state index in [2.05, 4.69) is 15.0 Å². The number of nitrogens with one attached hydrogen (secondary N) is 2. The summed E-state index contributed by atoms with van der Waals surface area (Å²) in [6.45, 7) is 5.30. The van der Waals surface area contributed by atoms with Gasteiger partial charge < -0.3 is 5.32 Å². The highest BCUT2D eigenvalue weighted by atomic mass is 32.2. The Bertz CT molecular complexity index is 820. The molecular formula is C17H21N3O3S. The van der Waals surface area contributed by atoms with E-state index in [1.807, 2.05) is 19.1 Å². The number of nitrogens with zero attached hydrogens (tertiary/aromatic N) is 1. The number of amides is 1. The highest BCUT2D eigenvalue weighted by Crippen LogP contribution is 2.16. The van der Waals surface area contributed by atoms with Gasteiger partial charge in [-0.2, -0.15) is 4.72 Å². The summed E-state index contributed by atoms with van der Waals surface area (Å²) in [6.07, 6.45) is 1.63. The molecule has 2 N–H and O–H groups in total. The monoisotopic (exact) mass is 347 g/mol. The highest BCUT2D eigenvalue weighted by molar-refractivity contribution is 7.89. The number of hydrogen-bond acceptors (Lipinski definition) is 4. The maximum atomic E-state index is 12.5. The summed E-state index contributed by atoms with van der Waals surface area (Å²) in [5.74, 6) is -0.408. The first-order valence-electron chi connectivity index (χ1n) is 7.57. The van der Waals surface area contributed by atoms with Crippen molar-refractivity contribution in [3.8, 4) is 0 Å². The third-order valence-corrected chi connectivity index (χ3v) is 5.21. The van der Waals surface area contributed by atoms with E-state index < -0.39 is 22.0 Å². The zero-order valence-corrected chi connectivity index (χ0v) is 14.7. The average molecular weight is 347 g/mol. The summed E-state index contributed by atoms with van der Waals surface area (Å²) in [7, 11) is -3.77. The largest absolute Gasteiger partial charge is 0.349 e. The number of carbonyl (C=O) groups excluding carboxylic acids is 1. The van der Waals surface area contributed by atoms with Gasteiger partial charge in [-0.1, -0.05) is 18.2 Å². The van der Waals surface area contributed by atoms with Crippen LogP contribution < -0.4 is 10.0 Å². The van der Waals surface area contributed by atoms with Crippen LogP contribution in [-0.4, -0.2) is 25.4 Å². The van der Waals surface area contributed by atoms with E-state index >= 15 is 0 Å². The Labute approximate surface area is 142 Å². The lowest BCUT2D eigenvalue weighted by Crippen LogP contribution is -2.44. The average Bonchev–Trinajstić information content (AvgIpc) is 2.55. The van der Waals surface area contributed by atoms with Gasteiger partial charge in [0.15, 0.2) is 0 Å². The third kappa shape index (κ3) is 4.62. The van der Waals surface area contributed by atoms with Gasteiger partial charge in [-0.15, -0.1) is 0 Å². The Morgan fingerprint density at radius 2 is 1.96 bits per heavy atom. The normalized spacial score (nSPS) is 12.6. The number of benzene rings is 1. The molecule has 1 aromatic heterocycles. The van der Waals surface area contributed by atoms with Gasteiger partial charge in [0.05, 0.1) is 23.2 Å². The summed E-state index contributed by atoms with van der Waals surface area (Å²) < 4.78 is 27.4. The molecule has 0 bridgehead atoms. The predicted octanol–water partition coefficient (Wildman–Crippen LogP) is 1.68. The molecule has 6 nitrogen and oxygen atoms in total. The molecule has 0 aliphatic heterocycles. The van der Waals surface area contributed by atoms with Crippen molar-refractivity contribution in [2.24, 2.45) is 0 Å². The van der Waals surface area contributed by atoms with Gasteiger partial charge in [0.2, 0.25) is 15.9 Å². The molecule has 0 saturated carbocycles. The molecule has 0 aliphatic rings. The Balaban J connectivity index is 2.03. The van der Waals surface area contributed by atoms with Crippen molar-refractivity contribution >= 4 is 15.9 Å². The molecule has 2 aromatic rings. The van der Waals surface area contributed by atoms with Gasteiger partial charge in [-0.3, -0.25) is 9.78 Å². The fourth-order valence-corrected chi connectivity index (χ4v) is 3.71. The first kappa shape index (κ1) is 18.1. The van der Waals surface area contributed by atoms with E-state index in [-0.39, 0.29) is 11.4 Å². The molecule has 0 saturated heterocycles. The fraction of sp³-hybridized carbons (Fsp3) is 0.294. The summed E-state index contributed by atoms with van der Waals surface area (Å²) in [5.41, 5.74) is 2.18. The van der Waals surface area contributed by atoms with Crippen molar-refractivity contribution in [2.75, 3.05) is 0 Å². The molecule has 0 aliphatic carbocycles. The molecule has 1 aromatic carbocycles. The second kappa shape index (κ2) is 7.55. The predicted molar refractivity (Wildman–Crippen MR) is 91.8 cm³/mol. The lowest BCUT2D eigenvalue weighted by molar-refractivity contribution is -0.122. The molecule has 24 heavy (non-hydrogen) atoms. The summed E-state index contributed by atoms with van der Waals surface area (Å²) in [6, 6.07) is 9.68. The van der Waals surface area contributed by atoms with Crippen LogP contribution in [0.5, 0.6) is 0 Å². The first-order valence-corrected chi connectivity index (χ1v) is 9.05. The Hall–Kier alpha value is -2.25. The molecule has 0 fully saturated rings. The highest BCUT2D eigenvalue weighted by Gasteiger charge is 2.23. The number of aryl methyl sites for hydroxylation is 2. The van der Waals surface area contributed by atoms with E-state index in [0.717, 1.165) is 5.56 Å². The van der Waals surface area contributed by atoms with Crippen LogP contribution in [0.1, 0.15) is 23.7 Å². The van der Waals surface area contributed by atoms with Gasteiger partial charge in [-0.25, -0.2) is 8.42 Å². The molecule has 2 rings (SSSR count). The van der Waals surface area contributed by atoms with E-state index in [1.165, 1.54) is 6.92 Å². The number of pyridine rings is 1. The molecule has 0 spiro atoms.